The average Bonchev–Trinajstić information content (AvgIpc) is 2.60. The van der Waals surface area contributed by atoms with E-state index in [0.717, 1.165) is 0 Å². The van der Waals surface area contributed by atoms with Crippen molar-refractivity contribution in [1.82, 2.24) is 9.55 Å². The number of hydrogen-bond acceptors (Lipinski definition) is 7. The summed E-state index contributed by atoms with van der Waals surface area (Å²) in [4.78, 5) is 28.1. The van der Waals surface area contributed by atoms with E-state index in [0.29, 0.717) is 35.4 Å². The molecule has 8 heteroatoms. The van der Waals surface area contributed by atoms with Gasteiger partial charge in [0.25, 0.3) is 5.56 Å². The molecule has 0 aliphatic rings. The zero-order chi connectivity index (χ0) is 17.5. The van der Waals surface area contributed by atoms with Crippen LogP contribution in [0.3, 0.4) is 0 Å². The second-order valence-corrected chi connectivity index (χ2v) is 4.89. The number of carbonyl (C=O) groups is 1. The third-order valence-electron chi connectivity index (χ3n) is 3.41. The lowest BCUT2D eigenvalue weighted by molar-refractivity contribution is -0.142. The first-order chi connectivity index (χ1) is 11.6. The second kappa shape index (κ2) is 7.97. The highest BCUT2D eigenvalue weighted by atomic mass is 16.5. The number of nitrogens with zero attached hydrogens (tertiary/aromatic N) is 3. The van der Waals surface area contributed by atoms with E-state index in [4.69, 9.17) is 14.7 Å². The molecule has 1 aromatic carbocycles. The maximum Gasteiger partial charge on any atom is 0.306 e. The lowest BCUT2D eigenvalue weighted by Gasteiger charge is -2.10. The van der Waals surface area contributed by atoms with Crippen LogP contribution in [0.2, 0.25) is 0 Å². The van der Waals surface area contributed by atoms with Crippen molar-refractivity contribution in [1.29, 1.82) is 5.26 Å². The zero-order valence-corrected chi connectivity index (χ0v) is 13.4. The number of ether oxygens (including phenoxy) is 3. The lowest BCUT2D eigenvalue weighted by atomic mass is 10.2. The van der Waals surface area contributed by atoms with Crippen molar-refractivity contribution in [2.24, 2.45) is 0 Å². The Morgan fingerprint density at radius 3 is 2.67 bits per heavy atom. The molecule has 8 nitrogen and oxygen atoms in total. The lowest BCUT2D eigenvalue weighted by Crippen LogP contribution is -2.21. The highest BCUT2D eigenvalue weighted by Crippen LogP contribution is 2.29. The number of esters is 1. The normalized spacial score (nSPS) is 10.2. The van der Waals surface area contributed by atoms with Crippen molar-refractivity contribution in [3.05, 3.63) is 28.8 Å². The fourth-order valence-corrected chi connectivity index (χ4v) is 2.22. The fourth-order valence-electron chi connectivity index (χ4n) is 2.22. The summed E-state index contributed by atoms with van der Waals surface area (Å²) in [5, 5.41) is 8.74. The Hall–Kier alpha value is -3.08. The largest absolute Gasteiger partial charge is 0.493 e. The van der Waals surface area contributed by atoms with Crippen molar-refractivity contribution in [3.63, 3.8) is 0 Å². The minimum absolute atomic E-state index is 0.123. The van der Waals surface area contributed by atoms with Crippen LogP contribution in [0.5, 0.6) is 11.5 Å². The van der Waals surface area contributed by atoms with Gasteiger partial charge in [-0.05, 0) is 12.5 Å². The molecule has 0 fully saturated rings. The first-order valence-corrected chi connectivity index (χ1v) is 7.24. The van der Waals surface area contributed by atoms with Crippen LogP contribution in [0.25, 0.3) is 10.9 Å². The number of methoxy groups -OCH3 is 2. The van der Waals surface area contributed by atoms with E-state index < -0.39 is 5.97 Å². The summed E-state index contributed by atoms with van der Waals surface area (Å²) < 4.78 is 16.5. The minimum atomic E-state index is -0.468. The van der Waals surface area contributed by atoms with E-state index in [1.807, 2.05) is 0 Å². The van der Waals surface area contributed by atoms with Gasteiger partial charge in [0.05, 0.1) is 31.4 Å². The number of benzene rings is 1. The van der Waals surface area contributed by atoms with E-state index in [1.54, 1.807) is 18.2 Å². The molecule has 0 aliphatic carbocycles. The average molecular weight is 331 g/mol. The van der Waals surface area contributed by atoms with E-state index in [1.165, 1.54) is 25.1 Å². The highest BCUT2D eigenvalue weighted by molar-refractivity contribution is 5.81. The van der Waals surface area contributed by atoms with Gasteiger partial charge in [0, 0.05) is 19.0 Å². The minimum Gasteiger partial charge on any atom is -0.493 e. The Balaban J connectivity index is 2.18. The number of hydrogen-bond donors (Lipinski definition) is 0. The molecule has 2 rings (SSSR count). The van der Waals surface area contributed by atoms with Gasteiger partial charge in [-0.2, -0.15) is 5.26 Å². The van der Waals surface area contributed by atoms with Crippen LogP contribution in [-0.2, 0) is 16.1 Å². The molecular weight excluding hydrogens is 314 g/mol. The standard InChI is InChI=1S/C16H17N3O5/c1-22-13-8-11-12(9-14(13)23-2)18-10-19(16(11)21)6-3-4-15(20)24-7-5-17/h8-10H,3-4,6-7H2,1-2H3. The summed E-state index contributed by atoms with van der Waals surface area (Å²) >= 11 is 0. The first-order valence-electron chi connectivity index (χ1n) is 7.24. The van der Waals surface area contributed by atoms with Gasteiger partial charge >= 0.3 is 5.97 Å². The van der Waals surface area contributed by atoms with Gasteiger partial charge in [-0.1, -0.05) is 0 Å². The number of aryl methyl sites for hydroxylation is 1. The van der Waals surface area contributed by atoms with E-state index >= 15 is 0 Å². The Morgan fingerprint density at radius 2 is 2.00 bits per heavy atom. The van der Waals surface area contributed by atoms with Crippen molar-refractivity contribution in [2.45, 2.75) is 19.4 Å². The maximum absolute atomic E-state index is 12.5. The predicted molar refractivity (Wildman–Crippen MR) is 84.9 cm³/mol. The molecule has 0 radical (unpaired) electrons. The van der Waals surface area contributed by atoms with Crippen LogP contribution in [0.1, 0.15) is 12.8 Å². The quantitative estimate of drug-likeness (QED) is 0.703. The Morgan fingerprint density at radius 1 is 1.29 bits per heavy atom. The first kappa shape index (κ1) is 17.3. The maximum atomic E-state index is 12.5. The second-order valence-electron chi connectivity index (χ2n) is 4.89. The van der Waals surface area contributed by atoms with E-state index in [2.05, 4.69) is 9.72 Å². The summed E-state index contributed by atoms with van der Waals surface area (Å²) in [5.41, 5.74) is 0.272. The van der Waals surface area contributed by atoms with Gasteiger partial charge in [0.15, 0.2) is 18.1 Å². The summed E-state index contributed by atoms with van der Waals surface area (Å²) in [6.45, 7) is 0.0513. The van der Waals surface area contributed by atoms with Crippen molar-refractivity contribution < 1.29 is 19.0 Å². The summed E-state index contributed by atoms with van der Waals surface area (Å²) in [5.74, 6) is 0.473. The number of carbonyl (C=O) groups excluding carboxylic acids is 1. The van der Waals surface area contributed by atoms with Crippen molar-refractivity contribution >= 4 is 16.9 Å². The fraction of sp³-hybridized carbons (Fsp3) is 0.375. The molecule has 0 amide bonds. The van der Waals surface area contributed by atoms with E-state index in [9.17, 15) is 9.59 Å². The third-order valence-corrected chi connectivity index (χ3v) is 3.41. The summed E-state index contributed by atoms with van der Waals surface area (Å²) in [6.07, 6.45) is 1.96. The molecule has 24 heavy (non-hydrogen) atoms. The Labute approximate surface area is 138 Å². The molecule has 126 valence electrons. The van der Waals surface area contributed by atoms with Crippen LogP contribution in [-0.4, -0.2) is 36.3 Å². The molecule has 1 aromatic heterocycles. The molecule has 0 spiro atoms. The third kappa shape index (κ3) is 3.81. The summed E-state index contributed by atoms with van der Waals surface area (Å²) in [7, 11) is 3.00. The highest BCUT2D eigenvalue weighted by Gasteiger charge is 2.11. The van der Waals surface area contributed by atoms with Crippen LogP contribution in [0.4, 0.5) is 0 Å². The van der Waals surface area contributed by atoms with Crippen molar-refractivity contribution in [2.75, 3.05) is 20.8 Å². The zero-order valence-electron chi connectivity index (χ0n) is 13.4. The van der Waals surface area contributed by atoms with Crippen LogP contribution in [0.15, 0.2) is 23.3 Å². The molecule has 2 aromatic rings. The van der Waals surface area contributed by atoms with E-state index in [-0.39, 0.29) is 18.6 Å². The Bertz CT molecular complexity index is 838. The molecule has 0 saturated carbocycles. The summed E-state index contributed by atoms with van der Waals surface area (Å²) in [6, 6.07) is 4.95. The van der Waals surface area contributed by atoms with Crippen LogP contribution in [0, 0.1) is 11.3 Å². The Kier molecular flexibility index (Phi) is 5.73. The number of aromatic nitrogens is 2. The van der Waals surface area contributed by atoms with Gasteiger partial charge in [-0.15, -0.1) is 0 Å². The van der Waals surface area contributed by atoms with Crippen LogP contribution >= 0.6 is 0 Å². The SMILES string of the molecule is COc1cc2ncn(CCCC(=O)OCC#N)c(=O)c2cc1OC. The number of rotatable bonds is 7. The van der Waals surface area contributed by atoms with Gasteiger partial charge in [0.1, 0.15) is 6.07 Å². The van der Waals surface area contributed by atoms with Gasteiger partial charge < -0.3 is 14.2 Å². The molecule has 0 bridgehead atoms. The monoisotopic (exact) mass is 331 g/mol. The van der Waals surface area contributed by atoms with Crippen molar-refractivity contribution in [3.8, 4) is 17.6 Å². The number of nitriles is 1. The topological polar surface area (TPSA) is 103 Å². The predicted octanol–water partition coefficient (Wildman–Crippen LogP) is 1.26. The molecule has 0 aliphatic heterocycles. The molecule has 1 heterocycles. The molecule has 0 unspecified atom stereocenters. The molecular formula is C16H17N3O5. The van der Waals surface area contributed by atoms with Gasteiger partial charge in [-0.3, -0.25) is 14.2 Å². The van der Waals surface area contributed by atoms with Gasteiger partial charge in [0.2, 0.25) is 0 Å². The number of fused-ring (bicyclic) bond motifs is 1. The smallest absolute Gasteiger partial charge is 0.306 e. The molecule has 0 N–H and O–H groups in total. The van der Waals surface area contributed by atoms with Gasteiger partial charge in [-0.25, -0.2) is 4.98 Å². The molecule has 0 saturated heterocycles. The molecule has 0 atom stereocenters. The van der Waals surface area contributed by atoms with Crippen LogP contribution < -0.4 is 15.0 Å².